The molecule has 1 unspecified atom stereocenters. The van der Waals surface area contributed by atoms with Crippen molar-refractivity contribution in [2.45, 2.75) is 32.1 Å². The summed E-state index contributed by atoms with van der Waals surface area (Å²) in [6.07, 6.45) is 1.15. The van der Waals surface area contributed by atoms with E-state index in [1.807, 2.05) is 12.3 Å². The number of amides is 1. The van der Waals surface area contributed by atoms with Crippen LogP contribution >= 0.6 is 27.3 Å². The smallest absolute Gasteiger partial charge is 0.264 e. The van der Waals surface area contributed by atoms with Gasteiger partial charge in [-0.1, -0.05) is 0 Å². The highest BCUT2D eigenvalue weighted by Gasteiger charge is 2.71. The number of likely N-dealkylation sites (tertiary alicyclic amines) is 1. The van der Waals surface area contributed by atoms with Crippen molar-refractivity contribution in [3.8, 4) is 0 Å². The molecule has 0 N–H and O–H groups in total. The summed E-state index contributed by atoms with van der Waals surface area (Å²) in [5.41, 5.74) is -0.0271. The number of carbonyl (C=O) groups excluding carboxylic acids is 1. The molecular weight excluding hydrogens is 336 g/mol. The Morgan fingerprint density at radius 2 is 2.21 bits per heavy atom. The van der Waals surface area contributed by atoms with Gasteiger partial charge in [-0.05, 0) is 41.3 Å². The highest BCUT2D eigenvalue weighted by molar-refractivity contribution is 9.10. The second-order valence-electron chi connectivity index (χ2n) is 5.53. The van der Waals surface area contributed by atoms with E-state index < -0.39 is 11.3 Å². The highest BCUT2D eigenvalue weighted by Crippen LogP contribution is 2.64. The molecule has 0 radical (unpaired) electrons. The second-order valence-corrected chi connectivity index (χ2v) is 7.26. The first-order valence-corrected chi connectivity index (χ1v) is 7.94. The number of nitrogens with zero attached hydrogens (tertiary/aromatic N) is 1. The van der Waals surface area contributed by atoms with Crippen LogP contribution in [-0.4, -0.2) is 29.8 Å². The molecule has 2 heterocycles. The van der Waals surface area contributed by atoms with Gasteiger partial charge in [0.05, 0.1) is 10.3 Å². The predicted octanol–water partition coefficient (Wildman–Crippen LogP) is 4.08. The van der Waals surface area contributed by atoms with Crippen LogP contribution in [0.1, 0.15) is 34.5 Å². The molecule has 1 saturated carbocycles. The lowest BCUT2D eigenvalue weighted by molar-refractivity contribution is 0.0235. The summed E-state index contributed by atoms with van der Waals surface area (Å²) in [4.78, 5) is 14.7. The third kappa shape index (κ3) is 2.03. The van der Waals surface area contributed by atoms with Crippen molar-refractivity contribution in [3.05, 3.63) is 20.3 Å². The molecule has 104 valence electrons. The van der Waals surface area contributed by atoms with Crippen molar-refractivity contribution in [1.82, 2.24) is 4.90 Å². The predicted molar refractivity (Wildman–Crippen MR) is 73.9 cm³/mol. The molecule has 2 aliphatic rings. The number of halogens is 3. The first kappa shape index (κ1) is 13.5. The molecule has 1 aromatic heterocycles. The van der Waals surface area contributed by atoms with Crippen molar-refractivity contribution in [2.24, 2.45) is 5.41 Å². The third-order valence-corrected chi connectivity index (χ3v) is 6.45. The first-order valence-electron chi connectivity index (χ1n) is 6.27. The number of thiophene rings is 1. The normalized spacial score (nSPS) is 28.7. The quantitative estimate of drug-likeness (QED) is 0.747. The fourth-order valence-electron chi connectivity index (χ4n) is 2.88. The van der Waals surface area contributed by atoms with Crippen molar-refractivity contribution < 1.29 is 13.6 Å². The van der Waals surface area contributed by atoms with Crippen molar-refractivity contribution in [3.63, 3.8) is 0 Å². The monoisotopic (exact) mass is 349 g/mol. The summed E-state index contributed by atoms with van der Waals surface area (Å²) in [6.45, 7) is 2.67. The van der Waals surface area contributed by atoms with E-state index in [2.05, 4.69) is 15.9 Å². The van der Waals surface area contributed by atoms with Crippen molar-refractivity contribution in [1.29, 1.82) is 0 Å². The number of piperidine rings is 1. The van der Waals surface area contributed by atoms with Gasteiger partial charge in [0.2, 0.25) is 0 Å². The molecule has 1 amide bonds. The number of hydrogen-bond acceptors (Lipinski definition) is 2. The standard InChI is InChI=1S/C13H14BrF2NOS/c1-8-9(14)5-19-10(8)11(18)17-4-2-3-12(7-17)6-13(12,15)16/h5H,2-4,6-7H2,1H3. The van der Waals surface area contributed by atoms with Crippen LogP contribution in [0, 0.1) is 12.3 Å². The molecular formula is C13H14BrF2NOS. The molecule has 0 aromatic carbocycles. The maximum absolute atomic E-state index is 13.5. The van der Waals surface area contributed by atoms with E-state index in [-0.39, 0.29) is 18.9 Å². The van der Waals surface area contributed by atoms with Crippen LogP contribution in [0.4, 0.5) is 8.78 Å². The van der Waals surface area contributed by atoms with Crippen LogP contribution in [0.5, 0.6) is 0 Å². The lowest BCUT2D eigenvalue weighted by Gasteiger charge is -2.33. The average Bonchev–Trinajstić information content (AvgIpc) is 2.69. The van der Waals surface area contributed by atoms with Crippen LogP contribution in [0.15, 0.2) is 9.85 Å². The van der Waals surface area contributed by atoms with Crippen LogP contribution in [0.3, 0.4) is 0 Å². The fourth-order valence-corrected chi connectivity index (χ4v) is 4.40. The molecule has 0 bridgehead atoms. The molecule has 1 spiro atoms. The molecule has 1 aliphatic heterocycles. The summed E-state index contributed by atoms with van der Waals surface area (Å²) in [5, 5.41) is 1.87. The number of hydrogen-bond donors (Lipinski definition) is 0. The molecule has 2 nitrogen and oxygen atoms in total. The third-order valence-electron chi connectivity index (χ3n) is 4.25. The van der Waals surface area contributed by atoms with E-state index >= 15 is 0 Å². The summed E-state index contributed by atoms with van der Waals surface area (Å²) in [7, 11) is 0. The fraction of sp³-hybridized carbons (Fsp3) is 0.615. The Morgan fingerprint density at radius 3 is 2.74 bits per heavy atom. The van der Waals surface area contributed by atoms with Gasteiger partial charge in [0.1, 0.15) is 0 Å². The Bertz CT molecular complexity index is 545. The maximum atomic E-state index is 13.5. The second kappa shape index (κ2) is 4.25. The topological polar surface area (TPSA) is 20.3 Å². The highest BCUT2D eigenvalue weighted by atomic mass is 79.9. The molecule has 1 atom stereocenters. The first-order chi connectivity index (χ1) is 8.86. The van der Waals surface area contributed by atoms with E-state index in [9.17, 15) is 13.6 Å². The largest absolute Gasteiger partial charge is 0.337 e. The average molecular weight is 350 g/mol. The Kier molecular flexibility index (Phi) is 3.02. The van der Waals surface area contributed by atoms with Gasteiger partial charge in [-0.2, -0.15) is 0 Å². The van der Waals surface area contributed by atoms with E-state index in [4.69, 9.17) is 0 Å². The van der Waals surface area contributed by atoms with Gasteiger partial charge in [0, 0.05) is 29.4 Å². The minimum atomic E-state index is -2.57. The number of alkyl halides is 2. The van der Waals surface area contributed by atoms with Crippen LogP contribution in [0.25, 0.3) is 0 Å². The lowest BCUT2D eigenvalue weighted by atomic mass is 9.94. The Morgan fingerprint density at radius 1 is 1.53 bits per heavy atom. The summed E-state index contributed by atoms with van der Waals surface area (Å²) in [6, 6.07) is 0. The van der Waals surface area contributed by atoms with Gasteiger partial charge in [-0.15, -0.1) is 11.3 Å². The van der Waals surface area contributed by atoms with Gasteiger partial charge in [0.25, 0.3) is 11.8 Å². The van der Waals surface area contributed by atoms with Crippen LogP contribution in [-0.2, 0) is 0 Å². The SMILES string of the molecule is Cc1c(Br)csc1C(=O)N1CCCC2(C1)CC2(F)F. The Labute approximate surface area is 122 Å². The van der Waals surface area contributed by atoms with Gasteiger partial charge < -0.3 is 4.90 Å². The summed E-state index contributed by atoms with van der Waals surface area (Å²) in [5.74, 6) is -2.67. The zero-order valence-electron chi connectivity index (χ0n) is 10.5. The van der Waals surface area contributed by atoms with E-state index in [1.54, 1.807) is 4.90 Å². The maximum Gasteiger partial charge on any atom is 0.264 e. The lowest BCUT2D eigenvalue weighted by Crippen LogP contribution is -2.42. The van der Waals surface area contributed by atoms with E-state index in [1.165, 1.54) is 11.3 Å². The van der Waals surface area contributed by atoms with Gasteiger partial charge in [-0.3, -0.25) is 4.79 Å². The minimum absolute atomic E-state index is 0.0586. The summed E-state index contributed by atoms with van der Waals surface area (Å²) >= 11 is 4.75. The summed E-state index contributed by atoms with van der Waals surface area (Å²) < 4.78 is 27.8. The van der Waals surface area contributed by atoms with Crippen molar-refractivity contribution in [2.75, 3.05) is 13.1 Å². The number of rotatable bonds is 1. The van der Waals surface area contributed by atoms with Gasteiger partial charge >= 0.3 is 0 Å². The van der Waals surface area contributed by atoms with E-state index in [0.717, 1.165) is 10.0 Å². The van der Waals surface area contributed by atoms with E-state index in [0.29, 0.717) is 24.3 Å². The molecule has 19 heavy (non-hydrogen) atoms. The van der Waals surface area contributed by atoms with Crippen molar-refractivity contribution >= 4 is 33.2 Å². The number of carbonyl (C=O) groups is 1. The molecule has 3 rings (SSSR count). The molecule has 1 aromatic rings. The minimum Gasteiger partial charge on any atom is -0.337 e. The Balaban J connectivity index is 1.80. The van der Waals surface area contributed by atoms with Gasteiger partial charge in [-0.25, -0.2) is 8.78 Å². The van der Waals surface area contributed by atoms with Gasteiger partial charge in [0.15, 0.2) is 0 Å². The molecule has 2 fully saturated rings. The Hall–Kier alpha value is -0.490. The molecule has 1 saturated heterocycles. The zero-order chi connectivity index (χ0) is 13.8. The van der Waals surface area contributed by atoms with Crippen LogP contribution < -0.4 is 0 Å². The zero-order valence-corrected chi connectivity index (χ0v) is 12.9. The molecule has 1 aliphatic carbocycles. The van der Waals surface area contributed by atoms with Crippen LogP contribution in [0.2, 0.25) is 0 Å². The molecule has 6 heteroatoms.